The molecule has 1 aromatic heterocycles. The monoisotopic (exact) mass is 486 g/mol. The zero-order valence-electron chi connectivity index (χ0n) is 18.7. The number of piperidine rings is 1. The highest BCUT2D eigenvalue weighted by atomic mass is 35.5. The molecule has 9 heteroatoms. The highest BCUT2D eigenvalue weighted by molar-refractivity contribution is 7.18. The van der Waals surface area contributed by atoms with Crippen LogP contribution in [-0.4, -0.2) is 66.9 Å². The second kappa shape index (κ2) is 10.5. The number of nitrogens with one attached hydrogen (secondary N) is 1. The number of likely N-dealkylation sites (tertiary alicyclic amines) is 1. The van der Waals surface area contributed by atoms with E-state index in [-0.39, 0.29) is 18.4 Å². The van der Waals surface area contributed by atoms with Gasteiger partial charge in [0, 0.05) is 29.7 Å². The number of aromatic nitrogens is 1. The minimum atomic E-state index is -0.242. The van der Waals surface area contributed by atoms with Gasteiger partial charge in [0.2, 0.25) is 11.8 Å². The SMILES string of the molecule is COc1cccc(NC(=O)CN(C)C(=O)CN2CCC(c3nc4cc(Cl)ccc4s3)CC2)c1. The molecule has 7 nitrogen and oxygen atoms in total. The van der Waals surface area contributed by atoms with Crippen molar-refractivity contribution in [1.82, 2.24) is 14.8 Å². The van der Waals surface area contributed by atoms with Crippen molar-refractivity contribution in [2.45, 2.75) is 18.8 Å². The van der Waals surface area contributed by atoms with Crippen molar-refractivity contribution in [3.63, 3.8) is 0 Å². The number of carbonyl (C=O) groups is 2. The number of likely N-dealkylation sites (N-methyl/N-ethyl adjacent to an activating group) is 1. The third kappa shape index (κ3) is 6.01. The molecule has 1 saturated heterocycles. The van der Waals surface area contributed by atoms with E-state index in [1.165, 1.54) is 4.90 Å². The summed E-state index contributed by atoms with van der Waals surface area (Å²) in [6.45, 7) is 1.97. The molecule has 0 aliphatic carbocycles. The zero-order chi connectivity index (χ0) is 23.4. The largest absolute Gasteiger partial charge is 0.497 e. The van der Waals surface area contributed by atoms with E-state index in [0.717, 1.165) is 41.2 Å². The molecule has 0 atom stereocenters. The van der Waals surface area contributed by atoms with Gasteiger partial charge in [0.25, 0.3) is 0 Å². The molecule has 0 saturated carbocycles. The molecule has 174 valence electrons. The summed E-state index contributed by atoms with van der Waals surface area (Å²) < 4.78 is 6.32. The Bertz CT molecular complexity index is 1140. The summed E-state index contributed by atoms with van der Waals surface area (Å²) in [6, 6.07) is 13.0. The lowest BCUT2D eigenvalue weighted by Gasteiger charge is -2.31. The van der Waals surface area contributed by atoms with Crippen LogP contribution in [0.3, 0.4) is 0 Å². The molecule has 2 aromatic carbocycles. The molecule has 0 spiro atoms. The van der Waals surface area contributed by atoms with E-state index in [2.05, 4.69) is 10.2 Å². The van der Waals surface area contributed by atoms with E-state index in [1.807, 2.05) is 18.2 Å². The summed E-state index contributed by atoms with van der Waals surface area (Å²) in [5.74, 6) is 0.756. The molecule has 33 heavy (non-hydrogen) atoms. The van der Waals surface area contributed by atoms with Gasteiger partial charge in [-0.1, -0.05) is 17.7 Å². The maximum Gasteiger partial charge on any atom is 0.243 e. The summed E-state index contributed by atoms with van der Waals surface area (Å²) in [7, 11) is 3.23. The Morgan fingerprint density at radius 1 is 1.24 bits per heavy atom. The van der Waals surface area contributed by atoms with Gasteiger partial charge >= 0.3 is 0 Å². The molecule has 2 amide bonds. The van der Waals surface area contributed by atoms with Gasteiger partial charge in [-0.15, -0.1) is 11.3 Å². The van der Waals surface area contributed by atoms with Crippen LogP contribution in [0.2, 0.25) is 5.02 Å². The van der Waals surface area contributed by atoms with Crippen molar-refractivity contribution >= 4 is 50.7 Å². The van der Waals surface area contributed by atoms with Gasteiger partial charge in [-0.05, 0) is 56.3 Å². The molecule has 0 bridgehead atoms. The van der Waals surface area contributed by atoms with Gasteiger partial charge in [0.05, 0.1) is 35.4 Å². The van der Waals surface area contributed by atoms with Gasteiger partial charge in [0.15, 0.2) is 0 Å². The molecule has 2 heterocycles. The molecular weight excluding hydrogens is 460 g/mol. The number of methoxy groups -OCH3 is 1. The van der Waals surface area contributed by atoms with Crippen LogP contribution in [0.4, 0.5) is 5.69 Å². The van der Waals surface area contributed by atoms with Crippen molar-refractivity contribution in [2.75, 3.05) is 45.7 Å². The molecule has 1 N–H and O–H groups in total. The van der Waals surface area contributed by atoms with Gasteiger partial charge in [-0.25, -0.2) is 4.98 Å². The highest BCUT2D eigenvalue weighted by Crippen LogP contribution is 2.34. The topological polar surface area (TPSA) is 74.8 Å². The van der Waals surface area contributed by atoms with Gasteiger partial charge < -0.3 is 15.0 Å². The second-order valence-electron chi connectivity index (χ2n) is 8.24. The minimum absolute atomic E-state index is 0.000766. The van der Waals surface area contributed by atoms with E-state index in [4.69, 9.17) is 21.3 Å². The van der Waals surface area contributed by atoms with Crippen LogP contribution in [0.1, 0.15) is 23.8 Å². The zero-order valence-corrected chi connectivity index (χ0v) is 20.3. The van der Waals surface area contributed by atoms with Crippen LogP contribution in [0.25, 0.3) is 10.2 Å². The summed E-state index contributed by atoms with van der Waals surface area (Å²) in [4.78, 5) is 33.4. The predicted molar refractivity (Wildman–Crippen MR) is 132 cm³/mol. The van der Waals surface area contributed by atoms with Crippen LogP contribution >= 0.6 is 22.9 Å². The van der Waals surface area contributed by atoms with Crippen molar-refractivity contribution in [3.8, 4) is 5.75 Å². The van der Waals surface area contributed by atoms with Crippen molar-refractivity contribution in [1.29, 1.82) is 0 Å². The number of thiazole rings is 1. The fourth-order valence-electron chi connectivity index (χ4n) is 3.95. The van der Waals surface area contributed by atoms with Crippen LogP contribution < -0.4 is 10.1 Å². The average molecular weight is 487 g/mol. The first-order valence-corrected chi connectivity index (χ1v) is 12.1. The van der Waals surface area contributed by atoms with Gasteiger partial charge in [0.1, 0.15) is 5.75 Å². The lowest BCUT2D eigenvalue weighted by molar-refractivity contribution is -0.134. The Hall–Kier alpha value is -2.68. The number of nitrogens with zero attached hydrogens (tertiary/aromatic N) is 3. The smallest absolute Gasteiger partial charge is 0.243 e. The van der Waals surface area contributed by atoms with E-state index in [0.29, 0.717) is 28.9 Å². The third-order valence-electron chi connectivity index (χ3n) is 5.82. The summed E-state index contributed by atoms with van der Waals surface area (Å²) in [5.41, 5.74) is 1.59. The normalized spacial score (nSPS) is 14.9. The Balaban J connectivity index is 1.24. The number of benzene rings is 2. The fourth-order valence-corrected chi connectivity index (χ4v) is 5.23. The number of hydrogen-bond donors (Lipinski definition) is 1. The maximum absolute atomic E-state index is 12.7. The van der Waals surface area contributed by atoms with Crippen LogP contribution in [-0.2, 0) is 9.59 Å². The number of ether oxygens (including phenoxy) is 1. The van der Waals surface area contributed by atoms with Crippen molar-refractivity contribution < 1.29 is 14.3 Å². The van der Waals surface area contributed by atoms with E-state index in [1.54, 1.807) is 49.8 Å². The van der Waals surface area contributed by atoms with Crippen LogP contribution in [0.15, 0.2) is 42.5 Å². The van der Waals surface area contributed by atoms with Gasteiger partial charge in [-0.3, -0.25) is 14.5 Å². The summed E-state index contributed by atoms with van der Waals surface area (Å²) in [5, 5.41) is 4.65. The Labute approximate surface area is 202 Å². The minimum Gasteiger partial charge on any atom is -0.497 e. The molecule has 0 radical (unpaired) electrons. The number of hydrogen-bond acceptors (Lipinski definition) is 6. The Kier molecular flexibility index (Phi) is 7.47. The molecule has 4 rings (SSSR count). The standard InChI is InChI=1S/C24H27ClN4O3S/c1-28(14-22(30)26-18-4-3-5-19(13-18)32-2)23(31)15-29-10-8-16(9-11-29)24-27-20-12-17(25)6-7-21(20)33-24/h3-7,12-13,16H,8-11,14-15H2,1-2H3,(H,26,30). The number of anilines is 1. The predicted octanol–water partition coefficient (Wildman–Crippen LogP) is 4.23. The second-order valence-corrected chi connectivity index (χ2v) is 9.74. The number of amides is 2. The summed E-state index contributed by atoms with van der Waals surface area (Å²) in [6.07, 6.45) is 1.92. The first-order chi connectivity index (χ1) is 15.9. The fraction of sp³-hybridized carbons (Fsp3) is 0.375. The quantitative estimate of drug-likeness (QED) is 0.540. The molecule has 1 aliphatic rings. The lowest BCUT2D eigenvalue weighted by Crippen LogP contribution is -2.44. The molecule has 1 fully saturated rings. The summed E-state index contributed by atoms with van der Waals surface area (Å²) >= 11 is 7.81. The Morgan fingerprint density at radius 2 is 2.03 bits per heavy atom. The number of fused-ring (bicyclic) bond motifs is 1. The lowest BCUT2D eigenvalue weighted by atomic mass is 9.97. The third-order valence-corrected chi connectivity index (χ3v) is 7.26. The van der Waals surface area contributed by atoms with Crippen LogP contribution in [0, 0.1) is 0 Å². The first kappa shape index (κ1) is 23.5. The molecular formula is C24H27ClN4O3S. The molecule has 0 unspecified atom stereocenters. The van der Waals surface area contributed by atoms with E-state index >= 15 is 0 Å². The molecule has 1 aliphatic heterocycles. The van der Waals surface area contributed by atoms with E-state index in [9.17, 15) is 9.59 Å². The van der Waals surface area contributed by atoms with Crippen molar-refractivity contribution in [2.24, 2.45) is 0 Å². The van der Waals surface area contributed by atoms with Crippen LogP contribution in [0.5, 0.6) is 5.75 Å². The number of carbonyl (C=O) groups excluding carboxylic acids is 2. The number of halogens is 1. The number of rotatable bonds is 7. The molecule has 3 aromatic rings. The van der Waals surface area contributed by atoms with Gasteiger partial charge in [-0.2, -0.15) is 0 Å². The average Bonchev–Trinajstić information content (AvgIpc) is 3.22. The first-order valence-electron chi connectivity index (χ1n) is 10.9. The van der Waals surface area contributed by atoms with Crippen molar-refractivity contribution in [3.05, 3.63) is 52.5 Å². The maximum atomic E-state index is 12.7. The highest BCUT2D eigenvalue weighted by Gasteiger charge is 2.25. The van der Waals surface area contributed by atoms with E-state index < -0.39 is 0 Å². The Morgan fingerprint density at radius 3 is 2.79 bits per heavy atom.